The quantitative estimate of drug-likeness (QED) is 0.868. The third kappa shape index (κ3) is 3.26. The Bertz CT molecular complexity index is 512. The average molecular weight is 317 g/mol. The van der Waals surface area contributed by atoms with Crippen LogP contribution in [0, 0.1) is 34.8 Å². The topological polar surface area (TPSA) is 52.9 Å². The van der Waals surface area contributed by atoms with E-state index in [1.54, 1.807) is 13.8 Å². The number of hydrogen-bond acceptors (Lipinski definition) is 2. The summed E-state index contributed by atoms with van der Waals surface area (Å²) in [5.41, 5.74) is -0.158. The van der Waals surface area contributed by atoms with Crippen molar-refractivity contribution in [2.45, 2.75) is 13.8 Å². The maximum Gasteiger partial charge on any atom is 0.242 e. The molecule has 96 valence electrons. The molecule has 0 aromatic heterocycles. The first-order valence-electron chi connectivity index (χ1n) is 5.21. The number of nitriles is 1. The zero-order valence-electron chi connectivity index (χ0n) is 9.80. The lowest BCUT2D eigenvalue weighted by Crippen LogP contribution is -2.26. The van der Waals surface area contributed by atoms with E-state index in [2.05, 4.69) is 21.2 Å². The number of carbonyl (C=O) groups excluding carboxylic acids is 1. The molecule has 3 nitrogen and oxygen atoms in total. The Kier molecular flexibility index (Phi) is 4.79. The molecule has 1 rings (SSSR count). The molecular weight excluding hydrogens is 306 g/mol. The van der Waals surface area contributed by atoms with Crippen molar-refractivity contribution in [3.63, 3.8) is 0 Å². The summed E-state index contributed by atoms with van der Waals surface area (Å²) >= 11 is 2.90. The van der Waals surface area contributed by atoms with E-state index in [1.807, 2.05) is 6.07 Å². The number of rotatable bonds is 3. The predicted molar refractivity (Wildman–Crippen MR) is 66.6 cm³/mol. The number of amides is 1. The fourth-order valence-electron chi connectivity index (χ4n) is 1.34. The minimum Gasteiger partial charge on any atom is -0.322 e. The molecule has 1 unspecified atom stereocenters. The summed E-state index contributed by atoms with van der Waals surface area (Å²) in [6, 6.07) is 3.63. The number of halogens is 3. The number of benzene rings is 1. The Balaban J connectivity index is 2.95. The average Bonchev–Trinajstić information content (AvgIpc) is 2.26. The van der Waals surface area contributed by atoms with Gasteiger partial charge in [0.1, 0.15) is 17.6 Å². The van der Waals surface area contributed by atoms with Crippen molar-refractivity contribution in [2.24, 2.45) is 11.8 Å². The summed E-state index contributed by atoms with van der Waals surface area (Å²) in [5, 5.41) is 11.1. The summed E-state index contributed by atoms with van der Waals surface area (Å²) in [4.78, 5) is 11.7. The van der Waals surface area contributed by atoms with Crippen molar-refractivity contribution in [1.82, 2.24) is 0 Å². The van der Waals surface area contributed by atoms with Crippen molar-refractivity contribution in [1.29, 1.82) is 5.26 Å². The second kappa shape index (κ2) is 5.91. The number of nitrogens with one attached hydrogen (secondary N) is 1. The Morgan fingerprint density at radius 2 is 2.00 bits per heavy atom. The van der Waals surface area contributed by atoms with Gasteiger partial charge in [-0.25, -0.2) is 8.78 Å². The fourth-order valence-corrected chi connectivity index (χ4v) is 1.68. The van der Waals surface area contributed by atoms with Gasteiger partial charge in [-0.05, 0) is 27.9 Å². The highest BCUT2D eigenvalue weighted by molar-refractivity contribution is 9.10. The molecule has 0 radical (unpaired) electrons. The zero-order valence-corrected chi connectivity index (χ0v) is 11.4. The third-order valence-corrected chi connectivity index (χ3v) is 2.96. The van der Waals surface area contributed by atoms with E-state index in [0.717, 1.165) is 6.07 Å². The van der Waals surface area contributed by atoms with Gasteiger partial charge in [0, 0.05) is 6.07 Å². The van der Waals surface area contributed by atoms with Crippen LogP contribution in [0.15, 0.2) is 16.6 Å². The van der Waals surface area contributed by atoms with Crippen molar-refractivity contribution in [3.8, 4) is 6.07 Å². The molecule has 0 heterocycles. The van der Waals surface area contributed by atoms with Gasteiger partial charge in [-0.2, -0.15) is 5.26 Å². The highest BCUT2D eigenvalue weighted by atomic mass is 79.9. The maximum absolute atomic E-state index is 13.4. The van der Waals surface area contributed by atoms with E-state index < -0.39 is 23.5 Å². The van der Waals surface area contributed by atoms with E-state index >= 15 is 0 Å². The molecule has 1 aromatic rings. The lowest BCUT2D eigenvalue weighted by Gasteiger charge is -2.13. The summed E-state index contributed by atoms with van der Waals surface area (Å²) < 4.78 is 26.4. The van der Waals surface area contributed by atoms with Gasteiger partial charge in [0.25, 0.3) is 0 Å². The monoisotopic (exact) mass is 316 g/mol. The van der Waals surface area contributed by atoms with Crippen molar-refractivity contribution in [3.05, 3.63) is 28.2 Å². The molecule has 6 heteroatoms. The van der Waals surface area contributed by atoms with Gasteiger partial charge < -0.3 is 5.32 Å². The van der Waals surface area contributed by atoms with Crippen LogP contribution in [0.4, 0.5) is 14.5 Å². The maximum atomic E-state index is 13.4. The van der Waals surface area contributed by atoms with Gasteiger partial charge in [-0.15, -0.1) is 0 Å². The molecule has 1 aromatic carbocycles. The largest absolute Gasteiger partial charge is 0.322 e. The van der Waals surface area contributed by atoms with Crippen LogP contribution >= 0.6 is 15.9 Å². The number of nitrogens with zero attached hydrogens (tertiary/aromatic N) is 1. The predicted octanol–water partition coefficient (Wildman–Crippen LogP) is 3.46. The number of anilines is 1. The van der Waals surface area contributed by atoms with Gasteiger partial charge in [0.15, 0.2) is 0 Å². The number of carbonyl (C=O) groups is 1. The first-order valence-corrected chi connectivity index (χ1v) is 6.01. The van der Waals surface area contributed by atoms with E-state index in [0.29, 0.717) is 6.07 Å². The highest BCUT2D eigenvalue weighted by Gasteiger charge is 2.23. The minimum atomic E-state index is -0.885. The smallest absolute Gasteiger partial charge is 0.242 e. The zero-order chi connectivity index (χ0) is 13.9. The molecule has 0 aliphatic rings. The van der Waals surface area contributed by atoms with Crippen LogP contribution in [0.5, 0.6) is 0 Å². The third-order valence-electron chi connectivity index (χ3n) is 2.36. The van der Waals surface area contributed by atoms with E-state index in [1.165, 1.54) is 0 Å². The molecule has 0 bridgehead atoms. The fraction of sp³-hybridized carbons (Fsp3) is 0.333. The Morgan fingerprint density at radius 1 is 1.39 bits per heavy atom. The van der Waals surface area contributed by atoms with Crippen molar-refractivity contribution >= 4 is 27.5 Å². The molecule has 0 aliphatic carbocycles. The molecule has 1 amide bonds. The highest BCUT2D eigenvalue weighted by Crippen LogP contribution is 2.24. The van der Waals surface area contributed by atoms with Gasteiger partial charge >= 0.3 is 0 Å². The van der Waals surface area contributed by atoms with Crippen LogP contribution in [0.1, 0.15) is 13.8 Å². The summed E-state index contributed by atoms with van der Waals surface area (Å²) in [6.07, 6.45) is 0. The molecule has 0 saturated carbocycles. The van der Waals surface area contributed by atoms with Crippen LogP contribution in [-0.2, 0) is 4.79 Å². The van der Waals surface area contributed by atoms with E-state index in [4.69, 9.17) is 5.26 Å². The Morgan fingerprint density at radius 3 is 2.50 bits per heavy atom. The SMILES string of the molecule is CC(C)C(C#N)C(=O)Nc1cc(Br)c(F)cc1F. The standard InChI is InChI=1S/C12H11BrF2N2O/c1-6(2)7(5-16)12(18)17-11-3-8(13)9(14)4-10(11)15/h3-4,6-7H,1-2H3,(H,17,18). The summed E-state index contributed by atoms with van der Waals surface area (Å²) in [5.74, 6) is -3.32. The second-order valence-electron chi connectivity index (χ2n) is 4.09. The van der Waals surface area contributed by atoms with Crippen LogP contribution < -0.4 is 5.32 Å². The lowest BCUT2D eigenvalue weighted by atomic mass is 9.96. The summed E-state index contributed by atoms with van der Waals surface area (Å²) in [6.45, 7) is 3.43. The molecule has 1 atom stereocenters. The van der Waals surface area contributed by atoms with Crippen LogP contribution in [0.2, 0.25) is 0 Å². The number of hydrogen-bond donors (Lipinski definition) is 1. The molecule has 1 N–H and O–H groups in total. The van der Waals surface area contributed by atoms with Crippen molar-refractivity contribution in [2.75, 3.05) is 5.32 Å². The second-order valence-corrected chi connectivity index (χ2v) is 4.94. The normalized spacial score (nSPS) is 12.1. The van der Waals surface area contributed by atoms with Crippen LogP contribution in [0.3, 0.4) is 0 Å². The Labute approximate surface area is 112 Å². The molecular formula is C12H11BrF2N2O. The Hall–Kier alpha value is -1.48. The first kappa shape index (κ1) is 14.6. The van der Waals surface area contributed by atoms with E-state index in [-0.39, 0.29) is 16.1 Å². The molecule has 0 aliphatic heterocycles. The first-order chi connectivity index (χ1) is 8.36. The van der Waals surface area contributed by atoms with Crippen molar-refractivity contribution < 1.29 is 13.6 Å². The van der Waals surface area contributed by atoms with Gasteiger partial charge in [0.2, 0.25) is 5.91 Å². The van der Waals surface area contributed by atoms with Crippen LogP contribution in [-0.4, -0.2) is 5.91 Å². The van der Waals surface area contributed by atoms with E-state index in [9.17, 15) is 13.6 Å². The molecule has 0 fully saturated rings. The lowest BCUT2D eigenvalue weighted by molar-refractivity contribution is -0.119. The molecule has 0 spiro atoms. The summed E-state index contributed by atoms with van der Waals surface area (Å²) in [7, 11) is 0. The van der Waals surface area contributed by atoms with Gasteiger partial charge in [0.05, 0.1) is 16.2 Å². The molecule has 0 saturated heterocycles. The molecule has 18 heavy (non-hydrogen) atoms. The van der Waals surface area contributed by atoms with Crippen LogP contribution in [0.25, 0.3) is 0 Å². The minimum absolute atomic E-state index is 0.0391. The van der Waals surface area contributed by atoms with Gasteiger partial charge in [-0.1, -0.05) is 13.8 Å². The van der Waals surface area contributed by atoms with Gasteiger partial charge in [-0.3, -0.25) is 4.79 Å².